The van der Waals surface area contributed by atoms with Crippen LogP contribution in [-0.4, -0.2) is 10.1 Å². The second kappa shape index (κ2) is 5.18. The predicted molar refractivity (Wildman–Crippen MR) is 55.9 cm³/mol. The first kappa shape index (κ1) is 12.6. The summed E-state index contributed by atoms with van der Waals surface area (Å²) in [6, 6.07) is 1.87. The van der Waals surface area contributed by atoms with Crippen molar-refractivity contribution < 1.29 is 17.7 Å². The quantitative estimate of drug-likeness (QED) is 0.852. The number of aromatic nitrogens is 2. The van der Waals surface area contributed by atoms with E-state index < -0.39 is 17.5 Å². The number of aryl methyl sites for hydroxylation is 1. The van der Waals surface area contributed by atoms with Crippen LogP contribution in [0.4, 0.5) is 13.2 Å². The number of benzene rings is 1. The predicted octanol–water partition coefficient (Wildman–Crippen LogP) is 2.09. The molecule has 0 radical (unpaired) electrons. The van der Waals surface area contributed by atoms with Crippen LogP contribution in [0.5, 0.6) is 0 Å². The summed E-state index contributed by atoms with van der Waals surface area (Å²) in [5.41, 5.74) is 0.294. The highest BCUT2D eigenvalue weighted by Gasteiger charge is 2.10. The zero-order valence-corrected chi connectivity index (χ0v) is 9.51. The van der Waals surface area contributed by atoms with Crippen molar-refractivity contribution in [1.82, 2.24) is 15.5 Å². The highest BCUT2D eigenvalue weighted by atomic mass is 19.2. The summed E-state index contributed by atoms with van der Waals surface area (Å²) in [5, 5.41) is 6.44. The number of nitrogens with one attached hydrogen (secondary N) is 1. The van der Waals surface area contributed by atoms with Crippen LogP contribution in [0.1, 0.15) is 17.3 Å². The van der Waals surface area contributed by atoms with E-state index in [0.29, 0.717) is 17.3 Å². The van der Waals surface area contributed by atoms with Crippen LogP contribution < -0.4 is 5.32 Å². The van der Waals surface area contributed by atoms with E-state index >= 15 is 0 Å². The average Bonchev–Trinajstić information content (AvgIpc) is 2.72. The smallest absolute Gasteiger partial charge is 0.240 e. The molecule has 0 fully saturated rings. The van der Waals surface area contributed by atoms with Crippen LogP contribution in [0.2, 0.25) is 0 Å². The summed E-state index contributed by atoms with van der Waals surface area (Å²) in [7, 11) is 0. The van der Waals surface area contributed by atoms with E-state index in [1.807, 2.05) is 0 Å². The standard InChI is InChI=1S/C11H10F3N3O/c1-6-16-10(18-17-6)5-15-4-7-2-8(12)11(14)9(13)3-7/h2-3,15H,4-5H2,1H3. The Balaban J connectivity index is 1.94. The fourth-order valence-corrected chi connectivity index (χ4v) is 1.44. The molecule has 1 aromatic heterocycles. The molecule has 0 saturated carbocycles. The van der Waals surface area contributed by atoms with Crippen LogP contribution in [0.25, 0.3) is 0 Å². The Morgan fingerprint density at radius 3 is 2.39 bits per heavy atom. The van der Waals surface area contributed by atoms with Gasteiger partial charge in [0.05, 0.1) is 6.54 Å². The van der Waals surface area contributed by atoms with Crippen molar-refractivity contribution in [3.8, 4) is 0 Å². The van der Waals surface area contributed by atoms with Crippen LogP contribution >= 0.6 is 0 Å². The second-order valence-electron chi connectivity index (χ2n) is 3.71. The third-order valence-electron chi connectivity index (χ3n) is 2.22. The van der Waals surface area contributed by atoms with E-state index in [4.69, 9.17) is 4.52 Å². The normalized spacial score (nSPS) is 10.9. The minimum absolute atomic E-state index is 0.162. The monoisotopic (exact) mass is 257 g/mol. The van der Waals surface area contributed by atoms with Crippen molar-refractivity contribution in [3.63, 3.8) is 0 Å². The fourth-order valence-electron chi connectivity index (χ4n) is 1.44. The molecular weight excluding hydrogens is 247 g/mol. The topological polar surface area (TPSA) is 51.0 Å². The van der Waals surface area contributed by atoms with E-state index in [0.717, 1.165) is 12.1 Å². The molecule has 2 rings (SSSR count). The van der Waals surface area contributed by atoms with Gasteiger partial charge in [0.15, 0.2) is 23.3 Å². The molecule has 0 bridgehead atoms. The number of nitrogens with zero attached hydrogens (tertiary/aromatic N) is 2. The molecule has 2 aromatic rings. The second-order valence-corrected chi connectivity index (χ2v) is 3.71. The van der Waals surface area contributed by atoms with Gasteiger partial charge in [0.1, 0.15) is 0 Å². The Morgan fingerprint density at radius 1 is 1.17 bits per heavy atom. The van der Waals surface area contributed by atoms with Crippen molar-refractivity contribution >= 4 is 0 Å². The van der Waals surface area contributed by atoms with Gasteiger partial charge in [-0.2, -0.15) is 4.98 Å². The zero-order chi connectivity index (χ0) is 13.1. The summed E-state index contributed by atoms with van der Waals surface area (Å²) in [5.74, 6) is -3.01. The van der Waals surface area contributed by atoms with Crippen molar-refractivity contribution in [2.75, 3.05) is 0 Å². The largest absolute Gasteiger partial charge is 0.338 e. The van der Waals surface area contributed by atoms with Gasteiger partial charge < -0.3 is 9.84 Å². The lowest BCUT2D eigenvalue weighted by Gasteiger charge is -2.03. The first-order valence-corrected chi connectivity index (χ1v) is 5.19. The first-order valence-electron chi connectivity index (χ1n) is 5.19. The third-order valence-corrected chi connectivity index (χ3v) is 2.22. The number of rotatable bonds is 4. The van der Waals surface area contributed by atoms with Crippen LogP contribution in [-0.2, 0) is 13.1 Å². The molecule has 0 spiro atoms. The van der Waals surface area contributed by atoms with Gasteiger partial charge in [-0.15, -0.1) is 0 Å². The molecule has 0 aliphatic rings. The molecule has 96 valence electrons. The lowest BCUT2D eigenvalue weighted by Crippen LogP contribution is -2.13. The number of halogens is 3. The maximum Gasteiger partial charge on any atom is 0.240 e. The van der Waals surface area contributed by atoms with Gasteiger partial charge in [0.25, 0.3) is 0 Å². The minimum Gasteiger partial charge on any atom is -0.338 e. The first-order chi connectivity index (χ1) is 8.56. The molecule has 0 aliphatic heterocycles. The van der Waals surface area contributed by atoms with Gasteiger partial charge in [-0.25, -0.2) is 13.2 Å². The van der Waals surface area contributed by atoms with E-state index in [-0.39, 0.29) is 13.1 Å². The highest BCUT2D eigenvalue weighted by Crippen LogP contribution is 2.13. The molecule has 1 N–H and O–H groups in total. The maximum atomic E-state index is 12.9. The van der Waals surface area contributed by atoms with Gasteiger partial charge >= 0.3 is 0 Å². The Hall–Kier alpha value is -1.89. The average molecular weight is 257 g/mol. The van der Waals surface area contributed by atoms with Gasteiger partial charge in [0.2, 0.25) is 5.89 Å². The lowest BCUT2D eigenvalue weighted by molar-refractivity contribution is 0.364. The molecule has 0 saturated heterocycles. The van der Waals surface area contributed by atoms with E-state index in [9.17, 15) is 13.2 Å². The van der Waals surface area contributed by atoms with Crippen LogP contribution in [0.3, 0.4) is 0 Å². The summed E-state index contributed by atoms with van der Waals surface area (Å²) in [6.45, 7) is 2.11. The number of hydrogen-bond acceptors (Lipinski definition) is 4. The van der Waals surface area contributed by atoms with Crippen LogP contribution in [0.15, 0.2) is 16.7 Å². The molecule has 4 nitrogen and oxygen atoms in total. The molecular formula is C11H10F3N3O. The van der Waals surface area contributed by atoms with Crippen molar-refractivity contribution in [2.24, 2.45) is 0 Å². The Bertz CT molecular complexity index is 533. The molecule has 0 aliphatic carbocycles. The molecule has 7 heteroatoms. The summed E-state index contributed by atoms with van der Waals surface area (Å²) < 4.78 is 43.4. The molecule has 1 heterocycles. The van der Waals surface area contributed by atoms with Gasteiger partial charge in [-0.1, -0.05) is 5.16 Å². The third kappa shape index (κ3) is 2.86. The van der Waals surface area contributed by atoms with Crippen molar-refractivity contribution in [3.05, 3.63) is 46.9 Å². The summed E-state index contributed by atoms with van der Waals surface area (Å²) in [4.78, 5) is 3.94. The lowest BCUT2D eigenvalue weighted by atomic mass is 10.2. The Morgan fingerprint density at radius 2 is 1.83 bits per heavy atom. The van der Waals surface area contributed by atoms with Gasteiger partial charge in [-0.3, -0.25) is 0 Å². The summed E-state index contributed by atoms with van der Waals surface area (Å²) in [6.07, 6.45) is 0. The van der Waals surface area contributed by atoms with Crippen LogP contribution in [0, 0.1) is 24.4 Å². The Labute approximate surface area is 101 Å². The van der Waals surface area contributed by atoms with Gasteiger partial charge in [0, 0.05) is 6.54 Å². The molecule has 1 aromatic carbocycles. The SMILES string of the molecule is Cc1noc(CNCc2cc(F)c(F)c(F)c2)n1. The molecule has 0 atom stereocenters. The minimum atomic E-state index is -1.47. The maximum absolute atomic E-state index is 12.9. The number of hydrogen-bond donors (Lipinski definition) is 1. The van der Waals surface area contributed by atoms with E-state index in [1.165, 1.54) is 0 Å². The van der Waals surface area contributed by atoms with Crippen molar-refractivity contribution in [2.45, 2.75) is 20.0 Å². The zero-order valence-electron chi connectivity index (χ0n) is 9.51. The highest BCUT2D eigenvalue weighted by molar-refractivity contribution is 5.19. The Kier molecular flexibility index (Phi) is 3.61. The van der Waals surface area contributed by atoms with E-state index in [2.05, 4.69) is 15.5 Å². The fraction of sp³-hybridized carbons (Fsp3) is 0.273. The molecule has 18 heavy (non-hydrogen) atoms. The molecule has 0 amide bonds. The molecule has 0 unspecified atom stereocenters. The van der Waals surface area contributed by atoms with Gasteiger partial charge in [-0.05, 0) is 24.6 Å². The van der Waals surface area contributed by atoms with Crippen molar-refractivity contribution in [1.29, 1.82) is 0 Å². The van der Waals surface area contributed by atoms with E-state index in [1.54, 1.807) is 6.92 Å². The summed E-state index contributed by atoms with van der Waals surface area (Å²) >= 11 is 0.